The summed E-state index contributed by atoms with van der Waals surface area (Å²) < 4.78 is 44.0. The SMILES string of the molecule is CC(C)Oc1ncccc1NC(=O)NC1CCCC(C(F)(F)F)C1. The monoisotopic (exact) mass is 345 g/mol. The number of rotatable bonds is 4. The van der Waals surface area contributed by atoms with Crippen molar-refractivity contribution in [1.82, 2.24) is 10.3 Å². The van der Waals surface area contributed by atoms with Gasteiger partial charge in [-0.3, -0.25) is 0 Å². The number of urea groups is 1. The quantitative estimate of drug-likeness (QED) is 0.863. The van der Waals surface area contributed by atoms with Gasteiger partial charge in [0.2, 0.25) is 5.88 Å². The van der Waals surface area contributed by atoms with Gasteiger partial charge < -0.3 is 15.4 Å². The number of hydrogen-bond donors (Lipinski definition) is 2. The largest absolute Gasteiger partial charge is 0.473 e. The average molecular weight is 345 g/mol. The number of anilines is 1. The van der Waals surface area contributed by atoms with E-state index < -0.39 is 24.2 Å². The maximum atomic E-state index is 12.8. The molecule has 1 heterocycles. The smallest absolute Gasteiger partial charge is 0.391 e. The third-order valence-electron chi connectivity index (χ3n) is 3.84. The van der Waals surface area contributed by atoms with Crippen LogP contribution in [0.3, 0.4) is 0 Å². The molecular formula is C16H22F3N3O2. The summed E-state index contributed by atoms with van der Waals surface area (Å²) in [6, 6.07) is 2.23. The summed E-state index contributed by atoms with van der Waals surface area (Å²) in [5.74, 6) is -1.07. The van der Waals surface area contributed by atoms with Crippen molar-refractivity contribution in [3.63, 3.8) is 0 Å². The molecule has 2 amide bonds. The van der Waals surface area contributed by atoms with Crippen LogP contribution < -0.4 is 15.4 Å². The van der Waals surface area contributed by atoms with E-state index in [4.69, 9.17) is 4.74 Å². The highest BCUT2D eigenvalue weighted by atomic mass is 19.4. The van der Waals surface area contributed by atoms with Crippen LogP contribution in [0, 0.1) is 5.92 Å². The number of halogens is 3. The van der Waals surface area contributed by atoms with Gasteiger partial charge in [0, 0.05) is 12.2 Å². The van der Waals surface area contributed by atoms with Crippen molar-refractivity contribution in [2.45, 2.75) is 57.9 Å². The molecule has 0 radical (unpaired) electrons. The molecule has 5 nitrogen and oxygen atoms in total. The predicted molar refractivity (Wildman–Crippen MR) is 84.0 cm³/mol. The first-order valence-electron chi connectivity index (χ1n) is 8.01. The van der Waals surface area contributed by atoms with Crippen molar-refractivity contribution in [3.05, 3.63) is 18.3 Å². The first-order valence-corrected chi connectivity index (χ1v) is 8.01. The Morgan fingerprint density at radius 3 is 2.79 bits per heavy atom. The van der Waals surface area contributed by atoms with Crippen LogP contribution in [0.4, 0.5) is 23.7 Å². The van der Waals surface area contributed by atoms with Crippen molar-refractivity contribution in [1.29, 1.82) is 0 Å². The lowest BCUT2D eigenvalue weighted by atomic mass is 9.85. The van der Waals surface area contributed by atoms with Crippen LogP contribution in [0.1, 0.15) is 39.5 Å². The molecule has 2 N–H and O–H groups in total. The Hall–Kier alpha value is -1.99. The fraction of sp³-hybridized carbons (Fsp3) is 0.625. The van der Waals surface area contributed by atoms with Gasteiger partial charge in [0.25, 0.3) is 0 Å². The molecule has 1 fully saturated rings. The fourth-order valence-corrected chi connectivity index (χ4v) is 2.77. The average Bonchev–Trinajstić information content (AvgIpc) is 2.48. The first-order chi connectivity index (χ1) is 11.3. The molecule has 2 unspecified atom stereocenters. The summed E-state index contributed by atoms with van der Waals surface area (Å²) >= 11 is 0. The number of alkyl halides is 3. The predicted octanol–water partition coefficient (Wildman–Crippen LogP) is 4.11. The summed E-state index contributed by atoms with van der Waals surface area (Å²) in [5, 5.41) is 5.21. The van der Waals surface area contributed by atoms with Crippen LogP contribution in [0.5, 0.6) is 5.88 Å². The van der Waals surface area contributed by atoms with Crippen LogP contribution in [0.15, 0.2) is 18.3 Å². The van der Waals surface area contributed by atoms with Gasteiger partial charge in [-0.1, -0.05) is 6.42 Å². The van der Waals surface area contributed by atoms with Crippen molar-refractivity contribution in [3.8, 4) is 5.88 Å². The molecule has 0 spiro atoms. The van der Waals surface area contributed by atoms with Crippen LogP contribution in [0.25, 0.3) is 0 Å². The van der Waals surface area contributed by atoms with Crippen molar-refractivity contribution in [2.24, 2.45) is 5.92 Å². The molecule has 1 aliphatic carbocycles. The maximum Gasteiger partial charge on any atom is 0.391 e. The van der Waals surface area contributed by atoms with E-state index in [1.807, 2.05) is 13.8 Å². The third kappa shape index (κ3) is 5.28. The van der Waals surface area contributed by atoms with E-state index in [-0.39, 0.29) is 24.8 Å². The molecule has 1 aromatic rings. The van der Waals surface area contributed by atoms with Crippen molar-refractivity contribution < 1.29 is 22.7 Å². The Morgan fingerprint density at radius 2 is 2.12 bits per heavy atom. The third-order valence-corrected chi connectivity index (χ3v) is 3.84. The van der Waals surface area contributed by atoms with E-state index in [1.54, 1.807) is 12.1 Å². The van der Waals surface area contributed by atoms with E-state index in [2.05, 4.69) is 15.6 Å². The molecule has 8 heteroatoms. The Bertz CT molecular complexity index is 564. The van der Waals surface area contributed by atoms with Gasteiger partial charge in [0.05, 0.1) is 12.0 Å². The van der Waals surface area contributed by atoms with E-state index in [0.717, 1.165) is 0 Å². The molecule has 134 valence electrons. The zero-order valence-electron chi connectivity index (χ0n) is 13.7. The minimum absolute atomic E-state index is 0.0840. The molecule has 0 bridgehead atoms. The first kappa shape index (κ1) is 18.4. The van der Waals surface area contributed by atoms with Crippen LogP contribution in [-0.2, 0) is 0 Å². The number of hydrogen-bond acceptors (Lipinski definition) is 3. The highest BCUT2D eigenvalue weighted by molar-refractivity contribution is 5.90. The van der Waals surface area contributed by atoms with Crippen LogP contribution in [-0.4, -0.2) is 29.3 Å². The topological polar surface area (TPSA) is 63.2 Å². The molecule has 0 aromatic carbocycles. The van der Waals surface area contributed by atoms with Crippen LogP contribution >= 0.6 is 0 Å². The number of carbonyl (C=O) groups is 1. The standard InChI is InChI=1S/C16H22F3N3O2/c1-10(2)24-14-13(7-4-8-20-14)22-15(23)21-12-6-3-5-11(9-12)16(17,18)19/h4,7-8,10-12H,3,5-6,9H2,1-2H3,(H2,21,22,23). The molecule has 2 rings (SSSR count). The van der Waals surface area contributed by atoms with E-state index in [1.165, 1.54) is 6.20 Å². The minimum Gasteiger partial charge on any atom is -0.473 e. The molecular weight excluding hydrogens is 323 g/mol. The van der Waals surface area contributed by atoms with Crippen LogP contribution in [0.2, 0.25) is 0 Å². The number of nitrogens with zero attached hydrogens (tertiary/aromatic N) is 1. The van der Waals surface area contributed by atoms with Gasteiger partial charge in [-0.2, -0.15) is 13.2 Å². The van der Waals surface area contributed by atoms with Gasteiger partial charge in [-0.15, -0.1) is 0 Å². The number of aromatic nitrogens is 1. The van der Waals surface area contributed by atoms with Crippen molar-refractivity contribution in [2.75, 3.05) is 5.32 Å². The van der Waals surface area contributed by atoms with Gasteiger partial charge >= 0.3 is 12.2 Å². The molecule has 0 saturated heterocycles. The number of pyridine rings is 1. The minimum atomic E-state index is -4.21. The molecule has 1 aromatic heterocycles. The Morgan fingerprint density at radius 1 is 1.38 bits per heavy atom. The summed E-state index contributed by atoms with van der Waals surface area (Å²) in [6.45, 7) is 3.66. The summed E-state index contributed by atoms with van der Waals surface area (Å²) in [4.78, 5) is 16.1. The summed E-state index contributed by atoms with van der Waals surface area (Å²) in [5.41, 5.74) is 0.381. The Labute approximate surface area is 139 Å². The van der Waals surface area contributed by atoms with E-state index >= 15 is 0 Å². The molecule has 2 atom stereocenters. The zero-order valence-corrected chi connectivity index (χ0v) is 13.7. The zero-order chi connectivity index (χ0) is 17.7. The van der Waals surface area contributed by atoms with Gasteiger partial charge in [0.1, 0.15) is 5.69 Å². The second-order valence-corrected chi connectivity index (χ2v) is 6.22. The lowest BCUT2D eigenvalue weighted by Crippen LogP contribution is -2.43. The lowest BCUT2D eigenvalue weighted by Gasteiger charge is -2.31. The summed E-state index contributed by atoms with van der Waals surface area (Å²) in [7, 11) is 0. The number of nitrogens with one attached hydrogen (secondary N) is 2. The fourth-order valence-electron chi connectivity index (χ4n) is 2.77. The number of ether oxygens (including phenoxy) is 1. The molecule has 24 heavy (non-hydrogen) atoms. The van der Waals surface area contributed by atoms with Crippen molar-refractivity contribution >= 4 is 11.7 Å². The second kappa shape index (κ2) is 7.72. The second-order valence-electron chi connectivity index (χ2n) is 6.22. The Kier molecular flexibility index (Phi) is 5.90. The highest BCUT2D eigenvalue weighted by Gasteiger charge is 2.42. The molecule has 1 aliphatic rings. The highest BCUT2D eigenvalue weighted by Crippen LogP contribution is 2.37. The van der Waals surface area contributed by atoms with Gasteiger partial charge in [-0.05, 0) is 45.2 Å². The molecule has 0 aliphatic heterocycles. The number of carbonyl (C=O) groups excluding carboxylic acids is 1. The summed E-state index contributed by atoms with van der Waals surface area (Å²) in [6.07, 6.45) is -1.76. The van der Waals surface area contributed by atoms with E-state index in [0.29, 0.717) is 18.5 Å². The normalized spacial score (nSPS) is 21.4. The maximum absolute atomic E-state index is 12.8. The number of amides is 2. The van der Waals surface area contributed by atoms with E-state index in [9.17, 15) is 18.0 Å². The Balaban J connectivity index is 1.94. The molecule has 1 saturated carbocycles. The van der Waals surface area contributed by atoms with Gasteiger partial charge in [-0.25, -0.2) is 9.78 Å². The lowest BCUT2D eigenvalue weighted by molar-refractivity contribution is -0.183. The van der Waals surface area contributed by atoms with Gasteiger partial charge in [0.15, 0.2) is 0 Å².